The van der Waals surface area contributed by atoms with E-state index in [1.165, 1.54) is 12.1 Å². The van der Waals surface area contributed by atoms with Crippen LogP contribution >= 0.6 is 0 Å². The van der Waals surface area contributed by atoms with E-state index in [-0.39, 0.29) is 29.7 Å². The summed E-state index contributed by atoms with van der Waals surface area (Å²) in [5.74, 6) is 1.67. The SMILES string of the molecule is C#CCNC(=O)c1ccccc1NC(=O)CCc1ccc(S(N)(=O)=O)cc1. The molecule has 8 heteroatoms. The average Bonchev–Trinajstić information content (AvgIpc) is 2.64. The predicted octanol–water partition coefficient (Wildman–Crippen LogP) is 1.27. The number of rotatable bonds is 7. The number of primary sulfonamides is 1. The Kier molecular flexibility index (Phi) is 6.71. The van der Waals surface area contributed by atoms with Gasteiger partial charge in [0.2, 0.25) is 15.9 Å². The molecule has 0 aliphatic heterocycles. The van der Waals surface area contributed by atoms with Gasteiger partial charge in [0.05, 0.1) is 22.7 Å². The average molecular weight is 385 g/mol. The first kappa shape index (κ1) is 20.2. The molecule has 2 rings (SSSR count). The van der Waals surface area contributed by atoms with Crippen LogP contribution in [0.2, 0.25) is 0 Å². The Morgan fingerprint density at radius 1 is 1.07 bits per heavy atom. The third kappa shape index (κ3) is 5.95. The number of benzene rings is 2. The normalized spacial score (nSPS) is 10.7. The third-order valence-electron chi connectivity index (χ3n) is 3.69. The topological polar surface area (TPSA) is 118 Å². The van der Waals surface area contributed by atoms with Crippen molar-refractivity contribution < 1.29 is 18.0 Å². The van der Waals surface area contributed by atoms with Gasteiger partial charge in [-0.25, -0.2) is 13.6 Å². The van der Waals surface area contributed by atoms with Crippen LogP contribution in [0.15, 0.2) is 53.4 Å². The molecule has 27 heavy (non-hydrogen) atoms. The van der Waals surface area contributed by atoms with Crippen LogP contribution in [-0.4, -0.2) is 26.8 Å². The molecular weight excluding hydrogens is 366 g/mol. The second-order valence-corrected chi connectivity index (χ2v) is 7.23. The number of hydrogen-bond donors (Lipinski definition) is 3. The lowest BCUT2D eigenvalue weighted by Gasteiger charge is -2.10. The Bertz CT molecular complexity index is 977. The third-order valence-corrected chi connectivity index (χ3v) is 4.62. The van der Waals surface area contributed by atoms with Crippen LogP contribution in [-0.2, 0) is 21.2 Å². The number of carbonyl (C=O) groups excluding carboxylic acids is 2. The molecule has 2 aromatic carbocycles. The van der Waals surface area contributed by atoms with E-state index in [0.29, 0.717) is 17.7 Å². The molecule has 0 atom stereocenters. The lowest BCUT2D eigenvalue weighted by molar-refractivity contribution is -0.116. The summed E-state index contributed by atoms with van der Waals surface area (Å²) >= 11 is 0. The first-order chi connectivity index (χ1) is 12.8. The second-order valence-electron chi connectivity index (χ2n) is 5.67. The lowest BCUT2D eigenvalue weighted by Crippen LogP contribution is -2.25. The summed E-state index contributed by atoms with van der Waals surface area (Å²) in [6, 6.07) is 12.6. The largest absolute Gasteiger partial charge is 0.341 e. The Balaban J connectivity index is 1.98. The van der Waals surface area contributed by atoms with Crippen molar-refractivity contribution >= 4 is 27.5 Å². The number of para-hydroxylation sites is 1. The van der Waals surface area contributed by atoms with Gasteiger partial charge < -0.3 is 10.6 Å². The molecule has 0 aromatic heterocycles. The zero-order valence-electron chi connectivity index (χ0n) is 14.4. The summed E-state index contributed by atoms with van der Waals surface area (Å²) in [5, 5.41) is 10.3. The van der Waals surface area contributed by atoms with E-state index in [0.717, 1.165) is 5.56 Å². The fraction of sp³-hybridized carbons (Fsp3) is 0.158. The summed E-state index contributed by atoms with van der Waals surface area (Å²) in [7, 11) is -3.74. The molecule has 0 bridgehead atoms. The van der Waals surface area contributed by atoms with Gasteiger partial charge in [-0.15, -0.1) is 6.42 Å². The molecule has 0 aliphatic carbocycles. The van der Waals surface area contributed by atoms with Crippen molar-refractivity contribution in [1.82, 2.24) is 5.32 Å². The minimum atomic E-state index is -3.74. The minimum Gasteiger partial charge on any atom is -0.341 e. The van der Waals surface area contributed by atoms with Crippen molar-refractivity contribution in [2.24, 2.45) is 5.14 Å². The zero-order chi connectivity index (χ0) is 19.9. The summed E-state index contributed by atoms with van der Waals surface area (Å²) in [6.07, 6.45) is 5.69. The van der Waals surface area contributed by atoms with Crippen molar-refractivity contribution in [2.45, 2.75) is 17.7 Å². The number of sulfonamides is 1. The van der Waals surface area contributed by atoms with Crippen LogP contribution < -0.4 is 15.8 Å². The molecule has 140 valence electrons. The molecule has 0 saturated heterocycles. The highest BCUT2D eigenvalue weighted by Crippen LogP contribution is 2.16. The monoisotopic (exact) mass is 385 g/mol. The molecule has 0 spiro atoms. The van der Waals surface area contributed by atoms with Gasteiger partial charge >= 0.3 is 0 Å². The van der Waals surface area contributed by atoms with Crippen molar-refractivity contribution in [3.63, 3.8) is 0 Å². The highest BCUT2D eigenvalue weighted by molar-refractivity contribution is 7.89. The summed E-state index contributed by atoms with van der Waals surface area (Å²) < 4.78 is 22.5. The zero-order valence-corrected chi connectivity index (χ0v) is 15.3. The van der Waals surface area contributed by atoms with E-state index in [4.69, 9.17) is 11.6 Å². The number of carbonyl (C=O) groups is 2. The molecule has 0 radical (unpaired) electrons. The summed E-state index contributed by atoms with van der Waals surface area (Å²) in [5.41, 5.74) is 1.50. The van der Waals surface area contributed by atoms with Gasteiger partial charge in [0.1, 0.15) is 0 Å². The highest BCUT2D eigenvalue weighted by Gasteiger charge is 2.13. The fourth-order valence-corrected chi connectivity index (χ4v) is 2.85. The number of hydrogen-bond acceptors (Lipinski definition) is 4. The van der Waals surface area contributed by atoms with Gasteiger partial charge in [0.25, 0.3) is 5.91 Å². The molecule has 2 aromatic rings. The number of aryl methyl sites for hydroxylation is 1. The summed E-state index contributed by atoms with van der Waals surface area (Å²) in [6.45, 7) is 0.0929. The van der Waals surface area contributed by atoms with Gasteiger partial charge in [0, 0.05) is 6.42 Å². The van der Waals surface area contributed by atoms with Crippen LogP contribution in [0.25, 0.3) is 0 Å². The van der Waals surface area contributed by atoms with E-state index in [9.17, 15) is 18.0 Å². The van der Waals surface area contributed by atoms with Gasteiger partial charge in [-0.05, 0) is 36.2 Å². The Hall–Kier alpha value is -3.15. The first-order valence-corrected chi connectivity index (χ1v) is 9.58. The van der Waals surface area contributed by atoms with Crippen LogP contribution in [0.5, 0.6) is 0 Å². The van der Waals surface area contributed by atoms with E-state index in [1.807, 2.05) is 0 Å². The predicted molar refractivity (Wildman–Crippen MR) is 102 cm³/mol. The molecule has 0 unspecified atom stereocenters. The molecule has 0 saturated carbocycles. The van der Waals surface area contributed by atoms with Crippen molar-refractivity contribution in [3.05, 3.63) is 59.7 Å². The van der Waals surface area contributed by atoms with Gasteiger partial charge in [-0.2, -0.15) is 0 Å². The fourth-order valence-electron chi connectivity index (χ4n) is 2.33. The quantitative estimate of drug-likeness (QED) is 0.622. The maximum absolute atomic E-state index is 12.2. The van der Waals surface area contributed by atoms with Crippen LogP contribution in [0, 0.1) is 12.3 Å². The maximum atomic E-state index is 12.2. The number of nitrogens with one attached hydrogen (secondary N) is 2. The maximum Gasteiger partial charge on any atom is 0.254 e. The Labute approximate surface area is 158 Å². The molecule has 0 heterocycles. The number of terminal acetylenes is 1. The highest BCUT2D eigenvalue weighted by atomic mass is 32.2. The van der Waals surface area contributed by atoms with Crippen molar-refractivity contribution in [1.29, 1.82) is 0 Å². The molecule has 0 fully saturated rings. The van der Waals surface area contributed by atoms with Gasteiger partial charge in [0.15, 0.2) is 0 Å². The van der Waals surface area contributed by atoms with Crippen LogP contribution in [0.1, 0.15) is 22.3 Å². The Morgan fingerprint density at radius 2 is 1.74 bits per heavy atom. The van der Waals surface area contributed by atoms with E-state index >= 15 is 0 Å². The number of anilines is 1. The smallest absolute Gasteiger partial charge is 0.254 e. The molecule has 0 aliphatic rings. The van der Waals surface area contributed by atoms with Crippen molar-refractivity contribution in [2.75, 3.05) is 11.9 Å². The minimum absolute atomic E-state index is 0.0163. The standard InChI is InChI=1S/C19H19N3O4S/c1-2-13-21-19(24)16-5-3-4-6-17(16)22-18(23)12-9-14-7-10-15(11-8-14)27(20,25)26/h1,3-8,10-11H,9,12-13H2,(H,21,24)(H,22,23)(H2,20,25,26). The van der Waals surface area contributed by atoms with E-state index in [2.05, 4.69) is 16.6 Å². The molecule has 2 amide bonds. The lowest BCUT2D eigenvalue weighted by atomic mass is 10.1. The second kappa shape index (κ2) is 8.98. The van der Waals surface area contributed by atoms with Gasteiger partial charge in [-0.1, -0.05) is 30.2 Å². The Morgan fingerprint density at radius 3 is 2.37 bits per heavy atom. The van der Waals surface area contributed by atoms with E-state index in [1.54, 1.807) is 36.4 Å². The van der Waals surface area contributed by atoms with Crippen LogP contribution in [0.4, 0.5) is 5.69 Å². The molecule has 4 N–H and O–H groups in total. The van der Waals surface area contributed by atoms with Crippen LogP contribution in [0.3, 0.4) is 0 Å². The number of nitrogens with two attached hydrogens (primary N) is 1. The van der Waals surface area contributed by atoms with E-state index < -0.39 is 10.0 Å². The number of amides is 2. The first-order valence-electron chi connectivity index (χ1n) is 8.03. The summed E-state index contributed by atoms with van der Waals surface area (Å²) in [4.78, 5) is 24.3. The van der Waals surface area contributed by atoms with Gasteiger partial charge in [-0.3, -0.25) is 9.59 Å². The van der Waals surface area contributed by atoms with Crippen molar-refractivity contribution in [3.8, 4) is 12.3 Å². The molecular formula is C19H19N3O4S. The molecule has 7 nitrogen and oxygen atoms in total.